The first-order valence-electron chi connectivity index (χ1n) is 5.26. The minimum absolute atomic E-state index is 0.147. The molecule has 19 heavy (non-hydrogen) atoms. The smallest absolute Gasteiger partial charge is 0.504 e. The lowest BCUT2D eigenvalue weighted by molar-refractivity contribution is -0.143. The lowest BCUT2D eigenvalue weighted by Crippen LogP contribution is -2.31. The van der Waals surface area contributed by atoms with Crippen LogP contribution in [0.5, 0.6) is 0 Å². The quantitative estimate of drug-likeness (QED) is 0.157. The predicted octanol–water partition coefficient (Wildman–Crippen LogP) is -1.34. The Balaban J connectivity index is 2.68. The number of nitrogens with two attached hydrogens (primary N) is 1. The summed E-state index contributed by atoms with van der Waals surface area (Å²) < 4.78 is 24.9. The van der Waals surface area contributed by atoms with Gasteiger partial charge in [-0.1, -0.05) is 0 Å². The first kappa shape index (κ1) is 15.9. The van der Waals surface area contributed by atoms with Crippen LogP contribution in [0.25, 0.3) is 0 Å². The summed E-state index contributed by atoms with van der Waals surface area (Å²) in [6.07, 6.45) is -1.02. The molecule has 0 saturated heterocycles. The zero-order chi connectivity index (χ0) is 14.5. The SMILES string of the molecule is NCCCOP(=O)(O)OC1=C(O)C(NCO)OC1=O. The van der Waals surface area contributed by atoms with Crippen molar-refractivity contribution in [2.75, 3.05) is 19.9 Å². The molecule has 6 N–H and O–H groups in total. The number of esters is 1. The number of cyclic esters (lactones) is 1. The van der Waals surface area contributed by atoms with Gasteiger partial charge in [-0.25, -0.2) is 9.36 Å². The molecule has 11 heteroatoms. The average molecular weight is 298 g/mol. The van der Waals surface area contributed by atoms with Gasteiger partial charge < -0.3 is 25.2 Å². The molecule has 1 heterocycles. The monoisotopic (exact) mass is 298 g/mol. The molecular weight excluding hydrogens is 283 g/mol. The summed E-state index contributed by atoms with van der Waals surface area (Å²) in [6, 6.07) is 0. The summed E-state index contributed by atoms with van der Waals surface area (Å²) in [4.78, 5) is 20.6. The van der Waals surface area contributed by atoms with Crippen molar-refractivity contribution >= 4 is 13.8 Å². The Kier molecular flexibility index (Phi) is 5.73. The van der Waals surface area contributed by atoms with E-state index < -0.39 is 38.3 Å². The molecule has 0 amide bonds. The van der Waals surface area contributed by atoms with Gasteiger partial charge in [-0.2, -0.15) is 0 Å². The number of nitrogens with one attached hydrogen (secondary N) is 1. The molecule has 0 fully saturated rings. The molecule has 10 nitrogen and oxygen atoms in total. The van der Waals surface area contributed by atoms with Crippen LogP contribution in [-0.2, 0) is 23.1 Å². The summed E-state index contributed by atoms with van der Waals surface area (Å²) >= 11 is 0. The van der Waals surface area contributed by atoms with Crippen LogP contribution in [0.3, 0.4) is 0 Å². The highest BCUT2D eigenvalue weighted by molar-refractivity contribution is 7.47. The highest BCUT2D eigenvalue weighted by Crippen LogP contribution is 2.47. The molecule has 1 aliphatic heterocycles. The van der Waals surface area contributed by atoms with Crippen LogP contribution in [0, 0.1) is 0 Å². The molecule has 110 valence electrons. The number of rotatable bonds is 8. The molecule has 0 aromatic carbocycles. The Morgan fingerprint density at radius 2 is 2.21 bits per heavy atom. The van der Waals surface area contributed by atoms with Gasteiger partial charge in [0.1, 0.15) is 0 Å². The molecule has 1 aliphatic rings. The molecule has 0 aromatic heterocycles. The molecule has 0 radical (unpaired) electrons. The number of phosphoric acid groups is 1. The van der Waals surface area contributed by atoms with Crippen LogP contribution in [0.15, 0.2) is 11.5 Å². The molecule has 2 unspecified atom stereocenters. The fourth-order valence-corrected chi connectivity index (χ4v) is 1.96. The zero-order valence-corrected chi connectivity index (χ0v) is 10.7. The second-order valence-electron chi connectivity index (χ2n) is 3.40. The molecular formula is C8H15N2O8P. The van der Waals surface area contributed by atoms with Gasteiger partial charge in [-0.3, -0.25) is 14.7 Å². The molecule has 0 aliphatic carbocycles. The van der Waals surface area contributed by atoms with Crippen LogP contribution in [0.1, 0.15) is 6.42 Å². The average Bonchev–Trinajstić information content (AvgIpc) is 2.57. The maximum Gasteiger partial charge on any atom is 0.527 e. The van der Waals surface area contributed by atoms with E-state index in [0.717, 1.165) is 0 Å². The van der Waals surface area contributed by atoms with Crippen LogP contribution < -0.4 is 11.1 Å². The van der Waals surface area contributed by atoms with E-state index >= 15 is 0 Å². The number of carbonyl (C=O) groups is 1. The molecule has 0 saturated carbocycles. The molecule has 0 aromatic rings. The van der Waals surface area contributed by atoms with Gasteiger partial charge >= 0.3 is 13.8 Å². The summed E-state index contributed by atoms with van der Waals surface area (Å²) in [7, 11) is -4.56. The standard InChI is InChI=1S/C8H15N2O8P/c9-2-1-3-16-19(14,15)18-6-5(12)7(10-4-11)17-8(6)13/h7,10-12H,1-4,9H2,(H,14,15). The summed E-state index contributed by atoms with van der Waals surface area (Å²) in [5, 5.41) is 20.3. The maximum absolute atomic E-state index is 11.4. The maximum atomic E-state index is 11.4. The van der Waals surface area contributed by atoms with Crippen molar-refractivity contribution in [3.8, 4) is 0 Å². The van der Waals surface area contributed by atoms with E-state index in [1.54, 1.807) is 0 Å². The van der Waals surface area contributed by atoms with Crippen LogP contribution in [0.4, 0.5) is 0 Å². The third kappa shape index (κ3) is 4.46. The second kappa shape index (κ2) is 6.85. The van der Waals surface area contributed by atoms with Gasteiger partial charge in [0.2, 0.25) is 6.23 Å². The van der Waals surface area contributed by atoms with Crippen molar-refractivity contribution in [1.29, 1.82) is 0 Å². The van der Waals surface area contributed by atoms with Crippen molar-refractivity contribution in [3.05, 3.63) is 11.5 Å². The molecule has 2 atom stereocenters. The third-order valence-electron chi connectivity index (χ3n) is 1.98. The van der Waals surface area contributed by atoms with E-state index in [0.29, 0.717) is 6.42 Å². The number of aliphatic hydroxyl groups excluding tert-OH is 2. The van der Waals surface area contributed by atoms with E-state index in [9.17, 15) is 19.4 Å². The van der Waals surface area contributed by atoms with Crippen molar-refractivity contribution in [3.63, 3.8) is 0 Å². The number of phosphoric ester groups is 1. The lowest BCUT2D eigenvalue weighted by Gasteiger charge is -2.11. The molecule has 1 rings (SSSR count). The van der Waals surface area contributed by atoms with Crippen molar-refractivity contribution in [2.24, 2.45) is 5.73 Å². The Labute approximate surface area is 108 Å². The highest BCUT2D eigenvalue weighted by atomic mass is 31.2. The Hall–Kier alpha value is -1.16. The van der Waals surface area contributed by atoms with Crippen molar-refractivity contribution < 1.29 is 38.3 Å². The Morgan fingerprint density at radius 1 is 1.53 bits per heavy atom. The first-order chi connectivity index (χ1) is 8.91. The minimum Gasteiger partial charge on any atom is -0.504 e. The number of aliphatic hydroxyl groups is 2. The van der Waals surface area contributed by atoms with E-state index in [1.807, 2.05) is 0 Å². The van der Waals surface area contributed by atoms with Crippen LogP contribution >= 0.6 is 7.82 Å². The lowest BCUT2D eigenvalue weighted by atomic mass is 10.4. The van der Waals surface area contributed by atoms with E-state index in [1.165, 1.54) is 0 Å². The third-order valence-corrected chi connectivity index (χ3v) is 2.90. The van der Waals surface area contributed by atoms with Crippen molar-refractivity contribution in [2.45, 2.75) is 12.6 Å². The largest absolute Gasteiger partial charge is 0.527 e. The first-order valence-corrected chi connectivity index (χ1v) is 6.76. The number of hydrogen-bond acceptors (Lipinski definition) is 9. The van der Waals surface area contributed by atoms with Gasteiger partial charge in [0, 0.05) is 0 Å². The second-order valence-corrected chi connectivity index (χ2v) is 4.78. The van der Waals surface area contributed by atoms with E-state index in [-0.39, 0.29) is 13.2 Å². The van der Waals surface area contributed by atoms with Gasteiger partial charge in [0.05, 0.1) is 13.3 Å². The van der Waals surface area contributed by atoms with Crippen LogP contribution in [0.2, 0.25) is 0 Å². The van der Waals surface area contributed by atoms with Crippen LogP contribution in [-0.4, -0.2) is 47.2 Å². The van der Waals surface area contributed by atoms with Gasteiger partial charge in [0.25, 0.3) is 5.76 Å². The van der Waals surface area contributed by atoms with E-state index in [2.05, 4.69) is 19.1 Å². The van der Waals surface area contributed by atoms with E-state index in [4.69, 9.17) is 10.8 Å². The molecule has 0 spiro atoms. The summed E-state index contributed by atoms with van der Waals surface area (Å²) in [6.45, 7) is -0.483. The number of hydrogen-bond donors (Lipinski definition) is 5. The van der Waals surface area contributed by atoms with Gasteiger partial charge in [-0.05, 0) is 13.0 Å². The zero-order valence-electron chi connectivity index (χ0n) is 9.81. The topological polar surface area (TPSA) is 161 Å². The van der Waals surface area contributed by atoms with Gasteiger partial charge in [0.15, 0.2) is 5.76 Å². The Bertz CT molecular complexity index is 412. The number of carbonyl (C=O) groups excluding carboxylic acids is 1. The fraction of sp³-hybridized carbons (Fsp3) is 0.625. The normalized spacial score (nSPS) is 22.3. The minimum atomic E-state index is -4.56. The molecule has 0 bridgehead atoms. The predicted molar refractivity (Wildman–Crippen MR) is 60.3 cm³/mol. The fourth-order valence-electron chi connectivity index (χ4n) is 1.15. The van der Waals surface area contributed by atoms with Gasteiger partial charge in [-0.15, -0.1) is 0 Å². The summed E-state index contributed by atoms with van der Waals surface area (Å²) in [5.41, 5.74) is 5.17. The number of ether oxygens (including phenoxy) is 1. The summed E-state index contributed by atoms with van der Waals surface area (Å²) in [5.74, 6) is -2.75. The Morgan fingerprint density at radius 3 is 2.79 bits per heavy atom. The highest BCUT2D eigenvalue weighted by Gasteiger charge is 2.40. The van der Waals surface area contributed by atoms with Crippen molar-refractivity contribution in [1.82, 2.24) is 5.32 Å².